The van der Waals surface area contributed by atoms with Crippen LogP contribution in [0, 0.1) is 13.8 Å². The molecule has 0 saturated heterocycles. The van der Waals surface area contributed by atoms with Crippen molar-refractivity contribution in [1.29, 1.82) is 0 Å². The number of hydrogen-bond donors (Lipinski definition) is 2. The third-order valence-corrected chi connectivity index (χ3v) is 5.08. The van der Waals surface area contributed by atoms with Crippen molar-refractivity contribution in [3.05, 3.63) is 58.4 Å². The van der Waals surface area contributed by atoms with E-state index in [0.29, 0.717) is 6.42 Å². The van der Waals surface area contributed by atoms with Crippen molar-refractivity contribution in [3.63, 3.8) is 0 Å². The van der Waals surface area contributed by atoms with Crippen LogP contribution in [-0.2, 0) is 23.9 Å². The van der Waals surface area contributed by atoms with E-state index in [4.69, 9.17) is 0 Å². The van der Waals surface area contributed by atoms with Crippen LogP contribution < -0.4 is 5.32 Å². The zero-order valence-electron chi connectivity index (χ0n) is 15.0. The molecule has 0 saturated carbocycles. The van der Waals surface area contributed by atoms with Gasteiger partial charge in [-0.05, 0) is 50.3 Å². The number of hydrogen-bond acceptors (Lipinski definition) is 3. The van der Waals surface area contributed by atoms with E-state index in [-0.39, 0.29) is 12.5 Å². The van der Waals surface area contributed by atoms with Crippen molar-refractivity contribution in [2.24, 2.45) is 7.05 Å². The highest BCUT2D eigenvalue weighted by atomic mass is 16.3. The Morgan fingerprint density at radius 3 is 2.88 bits per heavy atom. The van der Waals surface area contributed by atoms with Crippen LogP contribution in [0.3, 0.4) is 0 Å². The zero-order valence-corrected chi connectivity index (χ0v) is 15.0. The number of carbonyl (C=O) groups excluding carboxylic acids is 1. The summed E-state index contributed by atoms with van der Waals surface area (Å²) in [4.78, 5) is 12.2. The first-order valence-electron chi connectivity index (χ1n) is 8.67. The van der Waals surface area contributed by atoms with E-state index in [1.807, 2.05) is 39.1 Å². The predicted molar refractivity (Wildman–Crippen MR) is 98.0 cm³/mol. The van der Waals surface area contributed by atoms with Gasteiger partial charge in [0.05, 0.1) is 12.2 Å². The van der Waals surface area contributed by atoms with Crippen LogP contribution in [0.15, 0.2) is 30.3 Å². The molecule has 1 atom stereocenters. The van der Waals surface area contributed by atoms with Gasteiger partial charge in [0.25, 0.3) is 0 Å². The first-order chi connectivity index (χ1) is 11.9. The number of aromatic nitrogens is 2. The molecule has 2 aromatic rings. The summed E-state index contributed by atoms with van der Waals surface area (Å²) in [6.45, 7) is 4.11. The van der Waals surface area contributed by atoms with Gasteiger partial charge in [0.1, 0.15) is 5.60 Å². The number of rotatable bonds is 4. The molecular weight excluding hydrogens is 314 g/mol. The summed E-state index contributed by atoms with van der Waals surface area (Å²) in [6.07, 6.45) is 5.86. The van der Waals surface area contributed by atoms with Crippen LogP contribution in [-0.4, -0.2) is 27.3 Å². The van der Waals surface area contributed by atoms with Gasteiger partial charge in [0.15, 0.2) is 0 Å². The van der Waals surface area contributed by atoms with Crippen LogP contribution in [0.2, 0.25) is 0 Å². The minimum atomic E-state index is -0.988. The molecule has 1 aromatic heterocycles. The lowest BCUT2D eigenvalue weighted by atomic mass is 9.79. The molecule has 5 nitrogen and oxygen atoms in total. The largest absolute Gasteiger partial charge is 0.383 e. The molecule has 5 heteroatoms. The number of nitrogens with zero attached hydrogens (tertiary/aromatic N) is 2. The SMILES string of the molecule is Cc1nn(C)c(C)c1C=CC(=O)NCC1(O)CCCc2ccccc21. The van der Waals surface area contributed by atoms with Crippen molar-refractivity contribution in [2.75, 3.05) is 6.54 Å². The molecule has 1 aliphatic rings. The summed E-state index contributed by atoms with van der Waals surface area (Å²) < 4.78 is 1.80. The molecule has 1 heterocycles. The molecule has 1 aromatic carbocycles. The second-order valence-electron chi connectivity index (χ2n) is 6.80. The summed E-state index contributed by atoms with van der Waals surface area (Å²) in [7, 11) is 1.88. The summed E-state index contributed by atoms with van der Waals surface area (Å²) in [5.74, 6) is -0.209. The second kappa shape index (κ2) is 6.84. The molecule has 0 radical (unpaired) electrons. The van der Waals surface area contributed by atoms with Crippen molar-refractivity contribution >= 4 is 12.0 Å². The van der Waals surface area contributed by atoms with Crippen LogP contribution in [0.4, 0.5) is 0 Å². The monoisotopic (exact) mass is 339 g/mol. The Hall–Kier alpha value is -2.40. The van der Waals surface area contributed by atoms with Crippen molar-refractivity contribution < 1.29 is 9.90 Å². The van der Waals surface area contributed by atoms with Gasteiger partial charge in [-0.25, -0.2) is 0 Å². The number of benzene rings is 1. The smallest absolute Gasteiger partial charge is 0.244 e. The maximum absolute atomic E-state index is 12.2. The zero-order chi connectivity index (χ0) is 18.0. The lowest BCUT2D eigenvalue weighted by Gasteiger charge is -2.34. The van der Waals surface area contributed by atoms with Gasteiger partial charge in [0.2, 0.25) is 5.91 Å². The van der Waals surface area contributed by atoms with Gasteiger partial charge < -0.3 is 10.4 Å². The minimum absolute atomic E-state index is 0.209. The number of aliphatic hydroxyl groups is 1. The van der Waals surface area contributed by atoms with Gasteiger partial charge >= 0.3 is 0 Å². The van der Waals surface area contributed by atoms with E-state index < -0.39 is 5.60 Å². The molecule has 1 aliphatic carbocycles. The molecule has 1 amide bonds. The molecule has 0 spiro atoms. The first-order valence-corrected chi connectivity index (χ1v) is 8.67. The van der Waals surface area contributed by atoms with Crippen molar-refractivity contribution in [3.8, 4) is 0 Å². The van der Waals surface area contributed by atoms with E-state index in [0.717, 1.165) is 35.4 Å². The highest BCUT2D eigenvalue weighted by molar-refractivity contribution is 5.92. The van der Waals surface area contributed by atoms with Crippen LogP contribution in [0.5, 0.6) is 0 Å². The molecule has 1 unspecified atom stereocenters. The summed E-state index contributed by atoms with van der Waals surface area (Å²) in [5.41, 5.74) is 3.98. The fourth-order valence-corrected chi connectivity index (χ4v) is 3.56. The number of amides is 1. The molecule has 0 bridgehead atoms. The maximum Gasteiger partial charge on any atom is 0.244 e. The minimum Gasteiger partial charge on any atom is -0.383 e. The third kappa shape index (κ3) is 3.51. The normalized spacial score (nSPS) is 19.8. The highest BCUT2D eigenvalue weighted by Gasteiger charge is 2.34. The number of aryl methyl sites for hydroxylation is 3. The average Bonchev–Trinajstić information content (AvgIpc) is 2.84. The highest BCUT2D eigenvalue weighted by Crippen LogP contribution is 2.34. The average molecular weight is 339 g/mol. The Morgan fingerprint density at radius 1 is 1.40 bits per heavy atom. The Labute approximate surface area is 148 Å². The molecular formula is C20H25N3O2. The van der Waals surface area contributed by atoms with Gasteiger partial charge in [0, 0.05) is 24.4 Å². The predicted octanol–water partition coefficient (Wildman–Crippen LogP) is 2.39. The van der Waals surface area contributed by atoms with E-state index >= 15 is 0 Å². The summed E-state index contributed by atoms with van der Waals surface area (Å²) in [6, 6.07) is 7.93. The Bertz CT molecular complexity index is 822. The molecule has 132 valence electrons. The standard InChI is InChI=1S/C20H25N3O2/c1-14-17(15(2)23(3)22-14)10-11-19(24)21-13-20(25)12-6-8-16-7-4-5-9-18(16)20/h4-5,7,9-11,25H,6,8,12-13H2,1-3H3,(H,21,24). The molecule has 0 fully saturated rings. The Morgan fingerprint density at radius 2 is 2.16 bits per heavy atom. The first kappa shape index (κ1) is 17.4. The third-order valence-electron chi connectivity index (χ3n) is 5.08. The van der Waals surface area contributed by atoms with Crippen molar-refractivity contribution in [2.45, 2.75) is 38.7 Å². The summed E-state index contributed by atoms with van der Waals surface area (Å²) >= 11 is 0. The van der Waals surface area contributed by atoms with E-state index in [2.05, 4.69) is 16.5 Å². The van der Waals surface area contributed by atoms with Crippen molar-refractivity contribution in [1.82, 2.24) is 15.1 Å². The van der Waals surface area contributed by atoms with Crippen LogP contribution in [0.25, 0.3) is 6.08 Å². The number of carbonyl (C=O) groups is 1. The second-order valence-corrected chi connectivity index (χ2v) is 6.80. The van der Waals surface area contributed by atoms with Gasteiger partial charge in [-0.2, -0.15) is 5.10 Å². The van der Waals surface area contributed by atoms with Gasteiger partial charge in [-0.15, -0.1) is 0 Å². The Balaban J connectivity index is 1.68. The fraction of sp³-hybridized carbons (Fsp3) is 0.400. The Kier molecular flexibility index (Phi) is 4.77. The number of nitrogens with one attached hydrogen (secondary N) is 1. The van der Waals surface area contributed by atoms with Crippen LogP contribution in [0.1, 0.15) is 40.9 Å². The quantitative estimate of drug-likeness (QED) is 0.841. The maximum atomic E-state index is 12.2. The number of fused-ring (bicyclic) bond motifs is 1. The molecule has 3 rings (SSSR count). The van der Waals surface area contributed by atoms with Gasteiger partial charge in [-0.1, -0.05) is 24.3 Å². The lowest BCUT2D eigenvalue weighted by molar-refractivity contribution is -0.118. The lowest BCUT2D eigenvalue weighted by Crippen LogP contribution is -2.42. The fourth-order valence-electron chi connectivity index (χ4n) is 3.56. The van der Waals surface area contributed by atoms with Gasteiger partial charge in [-0.3, -0.25) is 9.48 Å². The van der Waals surface area contributed by atoms with Crippen LogP contribution >= 0.6 is 0 Å². The van der Waals surface area contributed by atoms with E-state index in [1.165, 1.54) is 11.6 Å². The van der Waals surface area contributed by atoms with E-state index in [1.54, 1.807) is 10.8 Å². The summed E-state index contributed by atoms with van der Waals surface area (Å²) in [5, 5.41) is 18.2. The molecule has 0 aliphatic heterocycles. The topological polar surface area (TPSA) is 67.2 Å². The molecule has 2 N–H and O–H groups in total. The van der Waals surface area contributed by atoms with E-state index in [9.17, 15) is 9.90 Å². The molecule has 25 heavy (non-hydrogen) atoms.